The summed E-state index contributed by atoms with van der Waals surface area (Å²) in [5, 5.41) is 11.2. The molecule has 0 radical (unpaired) electrons. The quantitative estimate of drug-likeness (QED) is 0.343. The molecule has 0 aliphatic carbocycles. The molecule has 7 heteroatoms. The minimum absolute atomic E-state index is 0.0343. The molecule has 0 aliphatic heterocycles. The molecule has 0 aliphatic rings. The van der Waals surface area contributed by atoms with Gasteiger partial charge in [-0.3, -0.25) is 10.1 Å². The van der Waals surface area contributed by atoms with Gasteiger partial charge in [0.1, 0.15) is 0 Å². The number of hydrogen-bond acceptors (Lipinski definition) is 5. The number of hydrogen-bond donors (Lipinski definition) is 0. The van der Waals surface area contributed by atoms with Gasteiger partial charge in [-0.05, 0) is 31.3 Å². The summed E-state index contributed by atoms with van der Waals surface area (Å²) >= 11 is 0. The molecule has 2 aromatic carbocycles. The third-order valence-corrected chi connectivity index (χ3v) is 4.62. The van der Waals surface area contributed by atoms with Gasteiger partial charge >= 0.3 is 0 Å². The summed E-state index contributed by atoms with van der Waals surface area (Å²) < 4.78 is 2.07. The van der Waals surface area contributed by atoms with Crippen molar-refractivity contribution in [2.45, 2.75) is 20.4 Å². The first kappa shape index (κ1) is 18.7. The van der Waals surface area contributed by atoms with Crippen LogP contribution in [0.15, 0.2) is 53.5 Å². The SMILES string of the molecule is CCN(CC)CCn1c(/N=C/c2ccccc2[N+](=O)[O-])nc2ccccc21. The van der Waals surface area contributed by atoms with Gasteiger partial charge in [0, 0.05) is 25.4 Å². The molecule has 3 aromatic rings. The summed E-state index contributed by atoms with van der Waals surface area (Å²) in [6.07, 6.45) is 1.52. The van der Waals surface area contributed by atoms with E-state index in [-0.39, 0.29) is 5.69 Å². The van der Waals surface area contributed by atoms with Crippen molar-refractivity contribution in [2.24, 2.45) is 4.99 Å². The average molecular weight is 365 g/mol. The number of imidazole rings is 1. The Bertz CT molecular complexity index is 960. The maximum Gasteiger partial charge on any atom is 0.278 e. The highest BCUT2D eigenvalue weighted by atomic mass is 16.6. The van der Waals surface area contributed by atoms with Crippen molar-refractivity contribution in [3.05, 3.63) is 64.2 Å². The molecule has 0 N–H and O–H groups in total. The Morgan fingerprint density at radius 1 is 1.15 bits per heavy atom. The van der Waals surface area contributed by atoms with E-state index in [4.69, 9.17) is 0 Å². The number of fused-ring (bicyclic) bond motifs is 1. The smallest absolute Gasteiger partial charge is 0.278 e. The summed E-state index contributed by atoms with van der Waals surface area (Å²) in [5.41, 5.74) is 2.38. The number of rotatable bonds is 8. The minimum Gasteiger partial charge on any atom is -0.307 e. The molecule has 0 fully saturated rings. The van der Waals surface area contributed by atoms with Gasteiger partial charge in [0.15, 0.2) is 0 Å². The van der Waals surface area contributed by atoms with E-state index >= 15 is 0 Å². The van der Waals surface area contributed by atoms with Crippen LogP contribution in [0.2, 0.25) is 0 Å². The Morgan fingerprint density at radius 2 is 1.85 bits per heavy atom. The summed E-state index contributed by atoms with van der Waals surface area (Å²) in [5.74, 6) is 0.557. The van der Waals surface area contributed by atoms with Crippen LogP contribution >= 0.6 is 0 Å². The van der Waals surface area contributed by atoms with Crippen LogP contribution in [0.5, 0.6) is 0 Å². The number of likely N-dealkylation sites (N-methyl/N-ethyl adjacent to an activating group) is 1. The number of nitrogens with zero attached hydrogens (tertiary/aromatic N) is 5. The second-order valence-corrected chi connectivity index (χ2v) is 6.15. The molecule has 1 aromatic heterocycles. The lowest BCUT2D eigenvalue weighted by atomic mass is 10.2. The van der Waals surface area contributed by atoms with Crippen molar-refractivity contribution in [3.8, 4) is 0 Å². The van der Waals surface area contributed by atoms with Crippen LogP contribution in [-0.4, -0.2) is 45.2 Å². The van der Waals surface area contributed by atoms with Crippen LogP contribution in [0.25, 0.3) is 11.0 Å². The molecule has 0 atom stereocenters. The van der Waals surface area contributed by atoms with Gasteiger partial charge in [-0.1, -0.05) is 38.1 Å². The van der Waals surface area contributed by atoms with Gasteiger partial charge in [-0.25, -0.2) is 9.98 Å². The number of aromatic nitrogens is 2. The molecule has 0 saturated heterocycles. The molecule has 0 bridgehead atoms. The third-order valence-electron chi connectivity index (χ3n) is 4.62. The Kier molecular flexibility index (Phi) is 5.93. The van der Waals surface area contributed by atoms with Gasteiger partial charge in [0.05, 0.1) is 21.5 Å². The second kappa shape index (κ2) is 8.55. The van der Waals surface area contributed by atoms with Crippen molar-refractivity contribution < 1.29 is 4.92 Å². The minimum atomic E-state index is -0.398. The van der Waals surface area contributed by atoms with E-state index in [0.29, 0.717) is 11.5 Å². The van der Waals surface area contributed by atoms with Crippen LogP contribution in [0.1, 0.15) is 19.4 Å². The average Bonchev–Trinajstić information content (AvgIpc) is 3.05. The van der Waals surface area contributed by atoms with Crippen molar-refractivity contribution in [1.82, 2.24) is 14.5 Å². The van der Waals surface area contributed by atoms with Crippen LogP contribution in [0, 0.1) is 10.1 Å². The lowest BCUT2D eigenvalue weighted by Gasteiger charge is -2.18. The Labute approximate surface area is 158 Å². The molecule has 0 amide bonds. The zero-order valence-corrected chi connectivity index (χ0v) is 15.6. The maximum absolute atomic E-state index is 11.2. The first-order valence-corrected chi connectivity index (χ1v) is 9.09. The monoisotopic (exact) mass is 365 g/mol. The van der Waals surface area contributed by atoms with Crippen LogP contribution < -0.4 is 0 Å². The molecule has 3 rings (SSSR count). The third kappa shape index (κ3) is 4.20. The van der Waals surface area contributed by atoms with Gasteiger partial charge in [0.25, 0.3) is 5.69 Å². The lowest BCUT2D eigenvalue weighted by molar-refractivity contribution is -0.385. The molecule has 140 valence electrons. The topological polar surface area (TPSA) is 76.6 Å². The van der Waals surface area contributed by atoms with Crippen molar-refractivity contribution >= 4 is 28.9 Å². The van der Waals surface area contributed by atoms with Crippen LogP contribution in [-0.2, 0) is 6.54 Å². The van der Waals surface area contributed by atoms with E-state index in [0.717, 1.165) is 37.2 Å². The highest BCUT2D eigenvalue weighted by Crippen LogP contribution is 2.23. The highest BCUT2D eigenvalue weighted by Gasteiger charge is 2.13. The van der Waals surface area contributed by atoms with Crippen molar-refractivity contribution in [1.29, 1.82) is 0 Å². The lowest BCUT2D eigenvalue weighted by Crippen LogP contribution is -2.26. The van der Waals surface area contributed by atoms with E-state index in [2.05, 4.69) is 33.3 Å². The maximum atomic E-state index is 11.2. The number of benzene rings is 2. The van der Waals surface area contributed by atoms with Crippen LogP contribution in [0.4, 0.5) is 11.6 Å². The van der Waals surface area contributed by atoms with Gasteiger partial charge in [-0.2, -0.15) is 0 Å². The van der Waals surface area contributed by atoms with Gasteiger partial charge in [-0.15, -0.1) is 0 Å². The molecule has 0 unspecified atom stereocenters. The fraction of sp³-hybridized carbons (Fsp3) is 0.300. The first-order chi connectivity index (χ1) is 13.1. The Hall–Kier alpha value is -3.06. The van der Waals surface area contributed by atoms with Gasteiger partial charge in [0.2, 0.25) is 5.95 Å². The molecule has 0 saturated carbocycles. The highest BCUT2D eigenvalue weighted by molar-refractivity contribution is 5.87. The molecule has 0 spiro atoms. The fourth-order valence-electron chi connectivity index (χ4n) is 3.05. The molecule has 1 heterocycles. The van der Waals surface area contributed by atoms with E-state index in [1.165, 1.54) is 12.3 Å². The molecule has 7 nitrogen and oxygen atoms in total. The predicted octanol–water partition coefficient (Wildman–Crippen LogP) is 4.04. The van der Waals surface area contributed by atoms with Gasteiger partial charge < -0.3 is 9.47 Å². The second-order valence-electron chi connectivity index (χ2n) is 6.15. The number of nitro groups is 1. The normalized spacial score (nSPS) is 11.7. The summed E-state index contributed by atoms with van der Waals surface area (Å²) in [6.45, 7) is 7.90. The number of aliphatic imine (C=N–C) groups is 1. The van der Waals surface area contributed by atoms with E-state index in [1.807, 2.05) is 24.3 Å². The zero-order chi connectivity index (χ0) is 19.2. The largest absolute Gasteiger partial charge is 0.307 e. The Morgan fingerprint density at radius 3 is 2.59 bits per heavy atom. The number of para-hydroxylation sites is 3. The van der Waals surface area contributed by atoms with Crippen molar-refractivity contribution in [3.63, 3.8) is 0 Å². The zero-order valence-electron chi connectivity index (χ0n) is 15.6. The van der Waals surface area contributed by atoms with Crippen LogP contribution in [0.3, 0.4) is 0 Å². The predicted molar refractivity (Wildman–Crippen MR) is 108 cm³/mol. The number of nitro benzene ring substituents is 1. The molecular formula is C20H23N5O2. The van der Waals surface area contributed by atoms with E-state index in [9.17, 15) is 10.1 Å². The first-order valence-electron chi connectivity index (χ1n) is 9.09. The Balaban J connectivity index is 1.96. The standard InChI is InChI=1S/C20H23N5O2/c1-3-23(4-2)13-14-24-19-12-8-6-10-17(19)22-20(24)21-15-16-9-5-7-11-18(16)25(26)27/h5-12,15H,3-4,13-14H2,1-2H3/b21-15+. The summed E-state index contributed by atoms with van der Waals surface area (Å²) in [6, 6.07) is 14.5. The van der Waals surface area contributed by atoms with E-state index in [1.54, 1.807) is 18.2 Å². The molecular weight excluding hydrogens is 342 g/mol. The van der Waals surface area contributed by atoms with Crippen molar-refractivity contribution in [2.75, 3.05) is 19.6 Å². The fourth-order valence-corrected chi connectivity index (χ4v) is 3.05. The van der Waals surface area contributed by atoms with E-state index < -0.39 is 4.92 Å². The molecule has 27 heavy (non-hydrogen) atoms. The summed E-state index contributed by atoms with van der Waals surface area (Å²) in [7, 11) is 0. The summed E-state index contributed by atoms with van der Waals surface area (Å²) in [4.78, 5) is 22.2.